The van der Waals surface area contributed by atoms with Gasteiger partial charge in [-0.15, -0.1) is 0 Å². The molecule has 0 aliphatic heterocycles. The molecule has 0 saturated heterocycles. The molecule has 0 aromatic rings. The van der Waals surface area contributed by atoms with E-state index in [0.29, 0.717) is 5.92 Å². The standard InChI is InChI=1S/C6H12O/c1-6(2)4-3-5-7/h3-4,6-7H,5H2,1-2H3. The van der Waals surface area contributed by atoms with Crippen LogP contribution < -0.4 is 0 Å². The molecule has 0 fully saturated rings. The largest absolute Gasteiger partial charge is 0.392 e. The second-order valence-electron chi connectivity index (χ2n) is 1.85. The molecule has 0 spiro atoms. The Balaban J connectivity index is 3.08. The van der Waals surface area contributed by atoms with Crippen LogP contribution >= 0.6 is 0 Å². The van der Waals surface area contributed by atoms with Gasteiger partial charge in [0.05, 0.1) is 6.61 Å². The fraction of sp³-hybridized carbons (Fsp3) is 0.667. The third-order valence-electron chi connectivity index (χ3n) is 0.626. The summed E-state index contributed by atoms with van der Waals surface area (Å²) >= 11 is 0. The number of hydrogen-bond acceptors (Lipinski definition) is 1. The van der Waals surface area contributed by atoms with Crippen LogP contribution in [0.25, 0.3) is 0 Å². The van der Waals surface area contributed by atoms with Gasteiger partial charge in [-0.2, -0.15) is 0 Å². The van der Waals surface area contributed by atoms with E-state index in [9.17, 15) is 0 Å². The van der Waals surface area contributed by atoms with Gasteiger partial charge in [-0.1, -0.05) is 26.0 Å². The maximum absolute atomic E-state index is 8.23. The van der Waals surface area contributed by atoms with Crippen molar-refractivity contribution < 1.29 is 5.11 Å². The Kier molecular flexibility index (Phi) is 3.71. The maximum Gasteiger partial charge on any atom is 0.0612 e. The first kappa shape index (κ1) is 6.70. The summed E-state index contributed by atoms with van der Waals surface area (Å²) in [6.45, 7) is 4.32. The Hall–Kier alpha value is -0.300. The lowest BCUT2D eigenvalue weighted by molar-refractivity contribution is 0.342. The Morgan fingerprint density at radius 3 is 2.29 bits per heavy atom. The summed E-state index contributed by atoms with van der Waals surface area (Å²) in [5, 5.41) is 8.23. The van der Waals surface area contributed by atoms with Crippen LogP contribution in [0.2, 0.25) is 0 Å². The predicted molar refractivity (Wildman–Crippen MR) is 31.1 cm³/mol. The van der Waals surface area contributed by atoms with Gasteiger partial charge in [0.1, 0.15) is 0 Å². The molecule has 0 aliphatic carbocycles. The van der Waals surface area contributed by atoms with Gasteiger partial charge < -0.3 is 5.11 Å². The molecule has 0 heterocycles. The fourth-order valence-electron chi connectivity index (χ4n) is 0.333. The lowest BCUT2D eigenvalue weighted by Crippen LogP contribution is -1.78. The third kappa shape index (κ3) is 5.70. The SMILES string of the molecule is CC(C)C=CCO. The summed E-state index contributed by atoms with van der Waals surface area (Å²) in [5.74, 6) is 0.562. The molecular weight excluding hydrogens is 88.1 g/mol. The number of aliphatic hydroxyl groups excluding tert-OH is 1. The minimum atomic E-state index is 0.165. The molecule has 7 heavy (non-hydrogen) atoms. The molecular formula is C6H12O. The first-order valence-corrected chi connectivity index (χ1v) is 2.55. The highest BCUT2D eigenvalue weighted by molar-refractivity contribution is 4.83. The molecule has 1 heteroatoms. The molecule has 0 aliphatic rings. The minimum absolute atomic E-state index is 0.165. The average molecular weight is 100 g/mol. The van der Waals surface area contributed by atoms with Crippen molar-refractivity contribution in [2.45, 2.75) is 13.8 Å². The Bertz CT molecular complexity index is 55.2. The monoisotopic (exact) mass is 100 g/mol. The zero-order chi connectivity index (χ0) is 5.70. The number of hydrogen-bond donors (Lipinski definition) is 1. The normalized spacial score (nSPS) is 11.4. The van der Waals surface area contributed by atoms with E-state index >= 15 is 0 Å². The van der Waals surface area contributed by atoms with E-state index in [1.54, 1.807) is 6.08 Å². The van der Waals surface area contributed by atoms with E-state index in [1.807, 2.05) is 6.08 Å². The van der Waals surface area contributed by atoms with Crippen LogP contribution in [-0.4, -0.2) is 11.7 Å². The van der Waals surface area contributed by atoms with Crippen molar-refractivity contribution in [3.05, 3.63) is 12.2 Å². The second-order valence-corrected chi connectivity index (χ2v) is 1.85. The third-order valence-corrected chi connectivity index (χ3v) is 0.626. The topological polar surface area (TPSA) is 20.2 Å². The van der Waals surface area contributed by atoms with Crippen molar-refractivity contribution in [1.29, 1.82) is 0 Å². The minimum Gasteiger partial charge on any atom is -0.392 e. The molecule has 0 amide bonds. The first-order valence-electron chi connectivity index (χ1n) is 2.55. The van der Waals surface area contributed by atoms with Crippen molar-refractivity contribution in [2.24, 2.45) is 5.92 Å². The Morgan fingerprint density at radius 1 is 1.57 bits per heavy atom. The van der Waals surface area contributed by atoms with E-state index in [4.69, 9.17) is 5.11 Å². The quantitative estimate of drug-likeness (QED) is 0.517. The summed E-state index contributed by atoms with van der Waals surface area (Å²) in [7, 11) is 0. The van der Waals surface area contributed by atoms with Gasteiger partial charge in [-0.25, -0.2) is 0 Å². The zero-order valence-corrected chi connectivity index (χ0v) is 4.89. The Morgan fingerprint density at radius 2 is 2.14 bits per heavy atom. The average Bonchev–Trinajstić information content (AvgIpc) is 1.61. The number of allylic oxidation sites excluding steroid dienone is 1. The highest BCUT2D eigenvalue weighted by Gasteiger charge is 1.78. The predicted octanol–water partition coefficient (Wildman–Crippen LogP) is 1.19. The van der Waals surface area contributed by atoms with E-state index < -0.39 is 0 Å². The van der Waals surface area contributed by atoms with Crippen molar-refractivity contribution in [3.63, 3.8) is 0 Å². The van der Waals surface area contributed by atoms with Crippen LogP contribution in [-0.2, 0) is 0 Å². The molecule has 0 saturated carbocycles. The second kappa shape index (κ2) is 3.88. The van der Waals surface area contributed by atoms with Gasteiger partial charge in [0, 0.05) is 0 Å². The summed E-state index contributed by atoms with van der Waals surface area (Å²) in [4.78, 5) is 0. The molecule has 0 bridgehead atoms. The van der Waals surface area contributed by atoms with E-state index in [0.717, 1.165) is 0 Å². The van der Waals surface area contributed by atoms with Gasteiger partial charge in [0.15, 0.2) is 0 Å². The molecule has 0 radical (unpaired) electrons. The number of rotatable bonds is 2. The zero-order valence-electron chi connectivity index (χ0n) is 4.89. The van der Waals surface area contributed by atoms with E-state index in [1.165, 1.54) is 0 Å². The summed E-state index contributed by atoms with van der Waals surface area (Å²) < 4.78 is 0. The van der Waals surface area contributed by atoms with Crippen molar-refractivity contribution >= 4 is 0 Å². The van der Waals surface area contributed by atoms with Gasteiger partial charge in [-0.3, -0.25) is 0 Å². The number of aliphatic hydroxyl groups is 1. The van der Waals surface area contributed by atoms with Crippen LogP contribution in [0.4, 0.5) is 0 Å². The van der Waals surface area contributed by atoms with E-state index in [-0.39, 0.29) is 6.61 Å². The molecule has 0 aromatic heterocycles. The molecule has 1 nitrogen and oxygen atoms in total. The van der Waals surface area contributed by atoms with Crippen molar-refractivity contribution in [1.82, 2.24) is 0 Å². The van der Waals surface area contributed by atoms with Crippen LogP contribution in [0, 0.1) is 5.92 Å². The first-order chi connectivity index (χ1) is 3.27. The Labute approximate surface area is 44.7 Å². The highest BCUT2D eigenvalue weighted by Crippen LogP contribution is 1.90. The molecule has 0 aromatic carbocycles. The van der Waals surface area contributed by atoms with E-state index in [2.05, 4.69) is 13.8 Å². The molecule has 1 N–H and O–H groups in total. The van der Waals surface area contributed by atoms with Gasteiger partial charge >= 0.3 is 0 Å². The maximum atomic E-state index is 8.23. The van der Waals surface area contributed by atoms with Crippen LogP contribution in [0.15, 0.2) is 12.2 Å². The summed E-state index contributed by atoms with van der Waals surface area (Å²) in [5.41, 5.74) is 0. The van der Waals surface area contributed by atoms with Gasteiger partial charge in [0.2, 0.25) is 0 Å². The lowest BCUT2D eigenvalue weighted by atomic mass is 10.2. The summed E-state index contributed by atoms with van der Waals surface area (Å²) in [6.07, 6.45) is 3.73. The van der Waals surface area contributed by atoms with Gasteiger partial charge in [0.25, 0.3) is 0 Å². The van der Waals surface area contributed by atoms with Crippen molar-refractivity contribution in [2.75, 3.05) is 6.61 Å². The highest BCUT2D eigenvalue weighted by atomic mass is 16.2. The van der Waals surface area contributed by atoms with Crippen LogP contribution in [0.1, 0.15) is 13.8 Å². The van der Waals surface area contributed by atoms with Crippen LogP contribution in [0.3, 0.4) is 0 Å². The summed E-state index contributed by atoms with van der Waals surface area (Å²) in [6, 6.07) is 0. The molecule has 0 rings (SSSR count). The molecule has 0 atom stereocenters. The lowest BCUT2D eigenvalue weighted by Gasteiger charge is -1.88. The smallest absolute Gasteiger partial charge is 0.0612 e. The molecule has 42 valence electrons. The molecule has 0 unspecified atom stereocenters. The van der Waals surface area contributed by atoms with Crippen molar-refractivity contribution in [3.8, 4) is 0 Å². The van der Waals surface area contributed by atoms with Gasteiger partial charge in [-0.05, 0) is 5.92 Å². The fourth-order valence-corrected chi connectivity index (χ4v) is 0.333. The van der Waals surface area contributed by atoms with Crippen LogP contribution in [0.5, 0.6) is 0 Å².